The second-order valence-electron chi connectivity index (χ2n) is 10.9. The van der Waals surface area contributed by atoms with Gasteiger partial charge in [-0.15, -0.1) is 0 Å². The molecule has 9 rings (SSSR count). The molecule has 0 unspecified atom stereocenters. The summed E-state index contributed by atoms with van der Waals surface area (Å²) in [6.07, 6.45) is 0. The molecule has 2 aromatic heterocycles. The zero-order valence-corrected chi connectivity index (χ0v) is 23.2. The Hall–Kier alpha value is -5.80. The van der Waals surface area contributed by atoms with Gasteiger partial charge >= 0.3 is 0 Å². The summed E-state index contributed by atoms with van der Waals surface area (Å²) in [4.78, 5) is 2.35. The van der Waals surface area contributed by atoms with Crippen LogP contribution in [0.25, 0.3) is 65.8 Å². The number of rotatable bonds is 4. The number of anilines is 3. The van der Waals surface area contributed by atoms with Crippen LogP contribution < -0.4 is 4.90 Å². The summed E-state index contributed by atoms with van der Waals surface area (Å²) >= 11 is 0. The van der Waals surface area contributed by atoms with Crippen molar-refractivity contribution in [1.29, 1.82) is 0 Å². The van der Waals surface area contributed by atoms with Crippen LogP contribution in [-0.4, -0.2) is 0 Å². The van der Waals surface area contributed by atoms with Crippen LogP contribution in [0.3, 0.4) is 0 Å². The van der Waals surface area contributed by atoms with Crippen molar-refractivity contribution in [1.82, 2.24) is 0 Å². The SMILES string of the molecule is c1ccc(-c2ccc3c(oc4ccccc43)c2N(c2ccc3c(c2)oc2ccccc23)c2cccc3ccccc23)cc1. The van der Waals surface area contributed by atoms with E-state index in [4.69, 9.17) is 8.83 Å². The predicted octanol–water partition coefficient (Wildman–Crippen LogP) is 11.8. The third-order valence-corrected chi connectivity index (χ3v) is 8.46. The topological polar surface area (TPSA) is 29.5 Å². The van der Waals surface area contributed by atoms with E-state index in [1.807, 2.05) is 24.3 Å². The Bertz CT molecular complexity index is 2460. The van der Waals surface area contributed by atoms with Gasteiger partial charge in [0.25, 0.3) is 0 Å². The molecule has 9 aromatic rings. The monoisotopic (exact) mass is 551 g/mol. The number of furan rings is 2. The second kappa shape index (κ2) is 9.37. The highest BCUT2D eigenvalue weighted by molar-refractivity contribution is 6.15. The van der Waals surface area contributed by atoms with Crippen molar-refractivity contribution < 1.29 is 8.83 Å². The molecule has 2 heterocycles. The summed E-state index contributed by atoms with van der Waals surface area (Å²) in [6.45, 7) is 0. The summed E-state index contributed by atoms with van der Waals surface area (Å²) in [5, 5.41) is 6.73. The molecule has 0 bridgehead atoms. The van der Waals surface area contributed by atoms with Gasteiger partial charge < -0.3 is 13.7 Å². The summed E-state index contributed by atoms with van der Waals surface area (Å²) < 4.78 is 13.2. The van der Waals surface area contributed by atoms with E-state index < -0.39 is 0 Å². The fourth-order valence-corrected chi connectivity index (χ4v) is 6.49. The first kappa shape index (κ1) is 23.9. The minimum Gasteiger partial charge on any atom is -0.456 e. The van der Waals surface area contributed by atoms with Crippen molar-refractivity contribution in [3.05, 3.63) is 152 Å². The van der Waals surface area contributed by atoms with Gasteiger partial charge in [-0.25, -0.2) is 0 Å². The smallest absolute Gasteiger partial charge is 0.160 e. The van der Waals surface area contributed by atoms with Crippen LogP contribution in [0, 0.1) is 0 Å². The molecular weight excluding hydrogens is 526 g/mol. The zero-order valence-electron chi connectivity index (χ0n) is 23.2. The molecule has 0 aliphatic rings. The lowest BCUT2D eigenvalue weighted by molar-refractivity contribution is 0.667. The average Bonchev–Trinajstić information content (AvgIpc) is 3.64. The molecule has 0 spiro atoms. The minimum atomic E-state index is 0.847. The van der Waals surface area contributed by atoms with E-state index in [1.54, 1.807) is 0 Å². The van der Waals surface area contributed by atoms with Gasteiger partial charge in [0, 0.05) is 38.6 Å². The van der Waals surface area contributed by atoms with Gasteiger partial charge in [-0.1, -0.05) is 109 Å². The fourth-order valence-electron chi connectivity index (χ4n) is 6.49. The first-order valence-corrected chi connectivity index (χ1v) is 14.5. The molecule has 0 saturated carbocycles. The summed E-state index contributed by atoms with van der Waals surface area (Å²) in [5.74, 6) is 0. The molecule has 0 atom stereocenters. The quantitative estimate of drug-likeness (QED) is 0.218. The molecule has 7 aromatic carbocycles. The van der Waals surface area contributed by atoms with Crippen molar-refractivity contribution in [2.24, 2.45) is 0 Å². The first-order chi connectivity index (χ1) is 21.3. The predicted molar refractivity (Wildman–Crippen MR) is 179 cm³/mol. The van der Waals surface area contributed by atoms with Gasteiger partial charge in [-0.05, 0) is 47.3 Å². The third-order valence-electron chi connectivity index (χ3n) is 8.46. The molecule has 202 valence electrons. The molecule has 0 N–H and O–H groups in total. The maximum Gasteiger partial charge on any atom is 0.160 e. The normalized spacial score (nSPS) is 11.7. The fraction of sp³-hybridized carbons (Fsp3) is 0. The van der Waals surface area contributed by atoms with Gasteiger partial charge in [-0.2, -0.15) is 0 Å². The molecule has 0 saturated heterocycles. The number of hydrogen-bond acceptors (Lipinski definition) is 3. The lowest BCUT2D eigenvalue weighted by Crippen LogP contribution is -2.12. The first-order valence-electron chi connectivity index (χ1n) is 14.5. The molecule has 3 heteroatoms. The van der Waals surface area contributed by atoms with E-state index in [-0.39, 0.29) is 0 Å². The van der Waals surface area contributed by atoms with Crippen LogP contribution in [0.2, 0.25) is 0 Å². The van der Waals surface area contributed by atoms with Crippen molar-refractivity contribution in [3.63, 3.8) is 0 Å². The highest BCUT2D eigenvalue weighted by Gasteiger charge is 2.25. The van der Waals surface area contributed by atoms with Crippen molar-refractivity contribution in [3.8, 4) is 11.1 Å². The van der Waals surface area contributed by atoms with Crippen molar-refractivity contribution >= 4 is 71.7 Å². The number of para-hydroxylation sites is 2. The van der Waals surface area contributed by atoms with E-state index >= 15 is 0 Å². The van der Waals surface area contributed by atoms with Crippen LogP contribution in [0.4, 0.5) is 17.1 Å². The van der Waals surface area contributed by atoms with Crippen LogP contribution in [0.5, 0.6) is 0 Å². The molecular formula is C40H25NO2. The highest BCUT2D eigenvalue weighted by Crippen LogP contribution is 2.49. The van der Waals surface area contributed by atoms with Crippen molar-refractivity contribution in [2.75, 3.05) is 4.90 Å². The highest BCUT2D eigenvalue weighted by atomic mass is 16.3. The van der Waals surface area contributed by atoms with Crippen LogP contribution >= 0.6 is 0 Å². The summed E-state index contributed by atoms with van der Waals surface area (Å²) in [6, 6.07) is 53.1. The van der Waals surface area contributed by atoms with Crippen LogP contribution in [0.1, 0.15) is 0 Å². The zero-order chi connectivity index (χ0) is 28.3. The molecule has 0 radical (unpaired) electrons. The Labute approximate surface area is 247 Å². The summed E-state index contributed by atoms with van der Waals surface area (Å²) in [7, 11) is 0. The standard InChI is InChI=1S/C40H25NO2/c1-2-11-27(12-3-1)30-23-24-34-32-17-7-9-20-37(32)43-40(34)39(30)41(35-18-10-14-26-13-4-5-15-29(26)35)28-21-22-33-31-16-6-8-19-36(31)42-38(33)25-28/h1-25H. The van der Waals surface area contributed by atoms with Crippen LogP contribution in [0.15, 0.2) is 160 Å². The maximum atomic E-state index is 6.75. The average molecular weight is 552 g/mol. The maximum absolute atomic E-state index is 6.75. The van der Waals surface area contributed by atoms with E-state index in [2.05, 4.69) is 132 Å². The van der Waals surface area contributed by atoms with E-state index in [0.717, 1.165) is 77.5 Å². The van der Waals surface area contributed by atoms with E-state index in [0.29, 0.717) is 0 Å². The van der Waals surface area contributed by atoms with Gasteiger partial charge in [0.05, 0.1) is 17.1 Å². The molecule has 3 nitrogen and oxygen atoms in total. The Kier molecular flexibility index (Phi) is 5.20. The van der Waals surface area contributed by atoms with Gasteiger partial charge in [-0.3, -0.25) is 0 Å². The molecule has 43 heavy (non-hydrogen) atoms. The molecule has 0 aliphatic carbocycles. The lowest BCUT2D eigenvalue weighted by atomic mass is 9.98. The number of hydrogen-bond donors (Lipinski definition) is 0. The Morgan fingerprint density at radius 2 is 1.05 bits per heavy atom. The number of fused-ring (bicyclic) bond motifs is 7. The van der Waals surface area contributed by atoms with Gasteiger partial charge in [0.15, 0.2) is 5.58 Å². The lowest BCUT2D eigenvalue weighted by Gasteiger charge is -2.29. The van der Waals surface area contributed by atoms with E-state index in [1.165, 1.54) is 5.39 Å². The number of nitrogens with zero attached hydrogens (tertiary/aromatic N) is 1. The summed E-state index contributed by atoms with van der Waals surface area (Å²) in [5.41, 5.74) is 8.71. The molecule has 0 fully saturated rings. The largest absolute Gasteiger partial charge is 0.456 e. The van der Waals surface area contributed by atoms with Gasteiger partial charge in [0.2, 0.25) is 0 Å². The number of benzene rings is 7. The third kappa shape index (κ3) is 3.68. The van der Waals surface area contributed by atoms with Crippen molar-refractivity contribution in [2.45, 2.75) is 0 Å². The van der Waals surface area contributed by atoms with Crippen LogP contribution in [-0.2, 0) is 0 Å². The van der Waals surface area contributed by atoms with Gasteiger partial charge in [0.1, 0.15) is 16.7 Å². The molecule has 0 amide bonds. The Morgan fingerprint density at radius 3 is 1.88 bits per heavy atom. The second-order valence-corrected chi connectivity index (χ2v) is 10.9. The van der Waals surface area contributed by atoms with E-state index in [9.17, 15) is 0 Å². The minimum absolute atomic E-state index is 0.847. The Balaban J connectivity index is 1.43. The molecule has 0 aliphatic heterocycles. The Morgan fingerprint density at radius 1 is 0.419 bits per heavy atom.